The minimum absolute atomic E-state index is 0.00222. The van der Waals surface area contributed by atoms with Crippen molar-refractivity contribution in [2.24, 2.45) is 5.73 Å². The standard InChI is InChI=1S/C7H5ClN2O3/c8-4-2-1-3(6(9)11)5(10-4)7(12)13/h1-2H,(H2,9,11)(H,12,13). The number of hydrogen-bond donors (Lipinski definition) is 2. The maximum atomic E-state index is 10.7. The summed E-state index contributed by atoms with van der Waals surface area (Å²) in [6, 6.07) is 2.52. The van der Waals surface area contributed by atoms with Crippen molar-refractivity contribution >= 4 is 23.5 Å². The number of primary amides is 1. The Bertz CT molecular complexity index is 378. The van der Waals surface area contributed by atoms with Crippen molar-refractivity contribution in [3.05, 3.63) is 28.5 Å². The van der Waals surface area contributed by atoms with Crippen molar-refractivity contribution < 1.29 is 14.7 Å². The molecule has 13 heavy (non-hydrogen) atoms. The van der Waals surface area contributed by atoms with Gasteiger partial charge in [-0.3, -0.25) is 4.79 Å². The van der Waals surface area contributed by atoms with Gasteiger partial charge < -0.3 is 10.8 Å². The van der Waals surface area contributed by atoms with E-state index < -0.39 is 17.6 Å². The van der Waals surface area contributed by atoms with Gasteiger partial charge in [-0.25, -0.2) is 9.78 Å². The average Bonchev–Trinajstić information content (AvgIpc) is 2.03. The molecular formula is C7H5ClN2O3. The fraction of sp³-hybridized carbons (Fsp3) is 0. The number of rotatable bonds is 2. The highest BCUT2D eigenvalue weighted by Crippen LogP contribution is 2.10. The van der Waals surface area contributed by atoms with Crippen LogP contribution in [0.4, 0.5) is 0 Å². The first-order chi connectivity index (χ1) is 6.02. The predicted octanol–water partition coefficient (Wildman–Crippen LogP) is 0.532. The number of carboxylic acid groups (broad SMARTS) is 1. The maximum absolute atomic E-state index is 10.7. The highest BCUT2D eigenvalue weighted by molar-refractivity contribution is 6.29. The van der Waals surface area contributed by atoms with E-state index >= 15 is 0 Å². The zero-order valence-electron chi connectivity index (χ0n) is 6.32. The molecule has 0 aliphatic rings. The van der Waals surface area contributed by atoms with Gasteiger partial charge in [-0.15, -0.1) is 0 Å². The first-order valence-electron chi connectivity index (χ1n) is 3.22. The molecule has 1 rings (SSSR count). The number of carboxylic acids is 1. The van der Waals surface area contributed by atoms with E-state index in [4.69, 9.17) is 22.4 Å². The highest BCUT2D eigenvalue weighted by Gasteiger charge is 2.15. The van der Waals surface area contributed by atoms with E-state index in [9.17, 15) is 9.59 Å². The lowest BCUT2D eigenvalue weighted by molar-refractivity contribution is 0.0685. The molecule has 3 N–H and O–H groups in total. The molecule has 0 saturated heterocycles. The molecule has 0 spiro atoms. The molecule has 1 aromatic rings. The van der Waals surface area contributed by atoms with Crippen LogP contribution in [0.2, 0.25) is 5.15 Å². The van der Waals surface area contributed by atoms with Gasteiger partial charge in [0.1, 0.15) is 5.15 Å². The van der Waals surface area contributed by atoms with Crippen LogP contribution in [0.15, 0.2) is 12.1 Å². The number of carbonyl (C=O) groups excluding carboxylic acids is 1. The van der Waals surface area contributed by atoms with Gasteiger partial charge in [0.15, 0.2) is 5.69 Å². The van der Waals surface area contributed by atoms with E-state index in [1.807, 2.05) is 0 Å². The van der Waals surface area contributed by atoms with Gasteiger partial charge in [0.05, 0.1) is 5.56 Å². The molecular weight excluding hydrogens is 196 g/mol. The van der Waals surface area contributed by atoms with E-state index in [0.717, 1.165) is 0 Å². The molecule has 1 aromatic heterocycles. The summed E-state index contributed by atoms with van der Waals surface area (Å²) < 4.78 is 0. The minimum atomic E-state index is -1.34. The second-order valence-electron chi connectivity index (χ2n) is 2.20. The fourth-order valence-electron chi connectivity index (χ4n) is 0.797. The van der Waals surface area contributed by atoms with Crippen LogP contribution in [-0.4, -0.2) is 22.0 Å². The van der Waals surface area contributed by atoms with Gasteiger partial charge in [0, 0.05) is 0 Å². The van der Waals surface area contributed by atoms with Crippen molar-refractivity contribution in [1.82, 2.24) is 4.98 Å². The Morgan fingerprint density at radius 1 is 1.46 bits per heavy atom. The summed E-state index contributed by atoms with van der Waals surface area (Å²) in [4.78, 5) is 24.7. The molecule has 0 radical (unpaired) electrons. The summed E-state index contributed by atoms with van der Waals surface area (Å²) in [6.45, 7) is 0. The minimum Gasteiger partial charge on any atom is -0.476 e. The second kappa shape index (κ2) is 3.40. The van der Waals surface area contributed by atoms with Crippen LogP contribution in [0, 0.1) is 0 Å². The Morgan fingerprint density at radius 2 is 2.08 bits per heavy atom. The Labute approximate surface area is 78.1 Å². The number of halogens is 1. The summed E-state index contributed by atoms with van der Waals surface area (Å²) >= 11 is 5.44. The quantitative estimate of drug-likeness (QED) is 0.681. The lowest BCUT2D eigenvalue weighted by atomic mass is 10.2. The number of aromatic carboxylic acids is 1. The third kappa shape index (κ3) is 1.94. The summed E-state index contributed by atoms with van der Waals surface area (Å²) in [5, 5.41) is 8.61. The average molecular weight is 201 g/mol. The molecule has 1 amide bonds. The summed E-state index contributed by atoms with van der Waals surface area (Å²) in [6.07, 6.45) is 0. The molecule has 0 atom stereocenters. The molecule has 0 saturated carbocycles. The summed E-state index contributed by atoms with van der Waals surface area (Å²) in [5.41, 5.74) is 4.33. The Hall–Kier alpha value is -1.62. The molecule has 0 aliphatic carbocycles. The number of amides is 1. The Morgan fingerprint density at radius 3 is 2.54 bits per heavy atom. The molecule has 5 nitrogen and oxygen atoms in total. The summed E-state index contributed by atoms with van der Waals surface area (Å²) in [5.74, 6) is -2.18. The molecule has 6 heteroatoms. The van der Waals surface area contributed by atoms with E-state index in [0.29, 0.717) is 0 Å². The fourth-order valence-corrected chi connectivity index (χ4v) is 0.945. The van der Waals surface area contributed by atoms with Gasteiger partial charge in [0.25, 0.3) is 5.91 Å². The van der Waals surface area contributed by atoms with Crippen LogP contribution in [0.3, 0.4) is 0 Å². The van der Waals surface area contributed by atoms with Gasteiger partial charge in [-0.1, -0.05) is 11.6 Å². The van der Waals surface area contributed by atoms with Crippen LogP contribution in [0.25, 0.3) is 0 Å². The first kappa shape index (κ1) is 9.47. The second-order valence-corrected chi connectivity index (χ2v) is 2.59. The van der Waals surface area contributed by atoms with E-state index in [1.165, 1.54) is 12.1 Å². The molecule has 0 aromatic carbocycles. The van der Waals surface area contributed by atoms with Gasteiger partial charge in [-0.2, -0.15) is 0 Å². The van der Waals surface area contributed by atoms with Crippen LogP contribution >= 0.6 is 11.6 Å². The lowest BCUT2D eigenvalue weighted by Gasteiger charge is -2.00. The van der Waals surface area contributed by atoms with E-state index in [2.05, 4.69) is 4.98 Å². The number of nitrogens with two attached hydrogens (primary N) is 1. The molecule has 0 fully saturated rings. The van der Waals surface area contributed by atoms with Crippen LogP contribution in [0.5, 0.6) is 0 Å². The molecule has 1 heterocycles. The maximum Gasteiger partial charge on any atom is 0.355 e. The lowest BCUT2D eigenvalue weighted by Crippen LogP contribution is -2.17. The number of carbonyl (C=O) groups is 2. The van der Waals surface area contributed by atoms with Crippen molar-refractivity contribution in [1.29, 1.82) is 0 Å². The van der Waals surface area contributed by atoms with Gasteiger partial charge in [0.2, 0.25) is 0 Å². The predicted molar refractivity (Wildman–Crippen MR) is 44.7 cm³/mol. The summed E-state index contributed by atoms with van der Waals surface area (Å²) in [7, 11) is 0. The van der Waals surface area contributed by atoms with E-state index in [1.54, 1.807) is 0 Å². The third-order valence-electron chi connectivity index (χ3n) is 1.33. The highest BCUT2D eigenvalue weighted by atomic mass is 35.5. The van der Waals surface area contributed by atoms with E-state index in [-0.39, 0.29) is 10.7 Å². The number of aromatic nitrogens is 1. The number of hydrogen-bond acceptors (Lipinski definition) is 3. The zero-order chi connectivity index (χ0) is 10.0. The molecule has 0 aliphatic heterocycles. The Balaban J connectivity index is 3.35. The first-order valence-corrected chi connectivity index (χ1v) is 3.60. The van der Waals surface area contributed by atoms with Gasteiger partial charge in [-0.05, 0) is 12.1 Å². The van der Waals surface area contributed by atoms with Crippen molar-refractivity contribution in [3.63, 3.8) is 0 Å². The normalized spacial score (nSPS) is 9.62. The largest absolute Gasteiger partial charge is 0.476 e. The monoisotopic (exact) mass is 200 g/mol. The van der Waals surface area contributed by atoms with Crippen molar-refractivity contribution in [2.75, 3.05) is 0 Å². The molecule has 0 unspecified atom stereocenters. The third-order valence-corrected chi connectivity index (χ3v) is 1.54. The van der Waals surface area contributed by atoms with Crippen LogP contribution in [0.1, 0.15) is 20.8 Å². The van der Waals surface area contributed by atoms with Crippen LogP contribution in [-0.2, 0) is 0 Å². The number of nitrogens with zero attached hydrogens (tertiary/aromatic N) is 1. The zero-order valence-corrected chi connectivity index (χ0v) is 7.08. The smallest absolute Gasteiger partial charge is 0.355 e. The van der Waals surface area contributed by atoms with Crippen molar-refractivity contribution in [3.8, 4) is 0 Å². The SMILES string of the molecule is NC(=O)c1ccc(Cl)nc1C(=O)O. The van der Waals surface area contributed by atoms with Gasteiger partial charge >= 0.3 is 5.97 Å². The Kier molecular flexibility index (Phi) is 2.48. The van der Waals surface area contributed by atoms with Crippen LogP contribution < -0.4 is 5.73 Å². The topological polar surface area (TPSA) is 93.3 Å². The molecule has 68 valence electrons. The molecule has 0 bridgehead atoms. The number of pyridine rings is 1. The van der Waals surface area contributed by atoms with Crippen molar-refractivity contribution in [2.45, 2.75) is 0 Å².